The number of phenols is 1. The summed E-state index contributed by atoms with van der Waals surface area (Å²) >= 11 is 3.32. The Kier molecular flexibility index (Phi) is 5.48. The second-order valence-electron chi connectivity index (χ2n) is 4.55. The first-order valence-corrected chi connectivity index (χ1v) is 7.36. The normalized spacial score (nSPS) is 10.6. The maximum atomic E-state index is 12.0. The number of rotatable bonds is 5. The predicted molar refractivity (Wildman–Crippen MR) is 90.5 cm³/mol. The molecule has 0 saturated heterocycles. The summed E-state index contributed by atoms with van der Waals surface area (Å²) in [6, 6.07) is 8.34. The molecule has 0 aliphatic rings. The molecule has 0 radical (unpaired) electrons. The number of phenolic OH excluding ortho intramolecular Hbond substituents is 1. The van der Waals surface area contributed by atoms with Crippen LogP contribution in [-0.4, -0.2) is 29.3 Å². The summed E-state index contributed by atoms with van der Waals surface area (Å²) in [6.07, 6.45) is 1.39. The Morgan fingerprint density at radius 3 is 2.75 bits per heavy atom. The first-order valence-electron chi connectivity index (χ1n) is 6.56. The van der Waals surface area contributed by atoms with Crippen LogP contribution in [0.1, 0.15) is 15.9 Å². The van der Waals surface area contributed by atoms with Crippen LogP contribution in [0.4, 0.5) is 5.69 Å². The van der Waals surface area contributed by atoms with Gasteiger partial charge in [-0.1, -0.05) is 0 Å². The fourth-order valence-corrected chi connectivity index (χ4v) is 2.37. The largest absolute Gasteiger partial charge is 0.507 e. The zero-order valence-corrected chi connectivity index (χ0v) is 14.0. The van der Waals surface area contributed by atoms with Crippen molar-refractivity contribution in [2.75, 3.05) is 7.11 Å². The number of hydrogen-bond donors (Lipinski definition) is 2. The average Bonchev–Trinajstić information content (AvgIpc) is 2.55. The standard InChI is InChI=1S/C15H12BrN3O5/c1-24-14-5-2-9(6-12(14)16)8-17-18-15(21)11-7-10(19(22)23)3-4-13(11)20/h2-8,20H,1H3,(H,18,21)/b17-8+. The van der Waals surface area contributed by atoms with Crippen molar-refractivity contribution in [3.8, 4) is 11.5 Å². The molecule has 2 N–H and O–H groups in total. The van der Waals surface area contributed by atoms with E-state index in [-0.39, 0.29) is 17.0 Å². The number of carbonyl (C=O) groups excluding carboxylic acids is 1. The third kappa shape index (κ3) is 4.07. The Balaban J connectivity index is 2.11. The average molecular weight is 394 g/mol. The van der Waals surface area contributed by atoms with Gasteiger partial charge >= 0.3 is 0 Å². The number of nitrogens with one attached hydrogen (secondary N) is 1. The molecular formula is C15H12BrN3O5. The number of methoxy groups -OCH3 is 1. The number of halogens is 1. The van der Waals surface area contributed by atoms with Crippen molar-refractivity contribution in [2.45, 2.75) is 0 Å². The van der Waals surface area contributed by atoms with Crippen molar-refractivity contribution in [2.24, 2.45) is 5.10 Å². The lowest BCUT2D eigenvalue weighted by Gasteiger charge is -2.04. The highest BCUT2D eigenvalue weighted by molar-refractivity contribution is 9.10. The Morgan fingerprint density at radius 2 is 2.12 bits per heavy atom. The number of nitro benzene ring substituents is 1. The minimum absolute atomic E-state index is 0.239. The lowest BCUT2D eigenvalue weighted by molar-refractivity contribution is -0.384. The molecule has 0 spiro atoms. The van der Waals surface area contributed by atoms with E-state index in [0.29, 0.717) is 11.3 Å². The van der Waals surface area contributed by atoms with Crippen molar-refractivity contribution in [1.82, 2.24) is 5.43 Å². The molecule has 9 heteroatoms. The number of nitrogens with zero attached hydrogens (tertiary/aromatic N) is 2. The minimum Gasteiger partial charge on any atom is -0.507 e. The quantitative estimate of drug-likeness (QED) is 0.460. The van der Waals surface area contributed by atoms with Crippen molar-refractivity contribution < 1.29 is 19.6 Å². The highest BCUT2D eigenvalue weighted by Crippen LogP contribution is 2.25. The van der Waals surface area contributed by atoms with Gasteiger partial charge in [-0.2, -0.15) is 5.10 Å². The van der Waals surface area contributed by atoms with Crippen molar-refractivity contribution in [1.29, 1.82) is 0 Å². The molecule has 124 valence electrons. The molecule has 8 nitrogen and oxygen atoms in total. The van der Waals surface area contributed by atoms with Gasteiger partial charge in [0, 0.05) is 12.1 Å². The molecule has 2 aromatic rings. The zero-order chi connectivity index (χ0) is 17.7. The molecule has 0 aliphatic heterocycles. The zero-order valence-electron chi connectivity index (χ0n) is 12.4. The van der Waals surface area contributed by atoms with Crippen LogP contribution in [0, 0.1) is 10.1 Å². The van der Waals surface area contributed by atoms with Crippen molar-refractivity contribution in [3.05, 3.63) is 62.1 Å². The monoisotopic (exact) mass is 393 g/mol. The van der Waals surface area contributed by atoms with Crippen LogP contribution < -0.4 is 10.2 Å². The number of hydrogen-bond acceptors (Lipinski definition) is 6. The third-order valence-corrected chi connectivity index (χ3v) is 3.61. The van der Waals surface area contributed by atoms with E-state index in [1.807, 2.05) is 0 Å². The predicted octanol–water partition coefficient (Wildman–Crippen LogP) is 2.84. The Hall–Kier alpha value is -2.94. The molecular weight excluding hydrogens is 382 g/mol. The van der Waals surface area contributed by atoms with E-state index >= 15 is 0 Å². The summed E-state index contributed by atoms with van der Waals surface area (Å²) in [5.41, 5.74) is 2.35. The summed E-state index contributed by atoms with van der Waals surface area (Å²) < 4.78 is 5.82. The van der Waals surface area contributed by atoms with Gasteiger partial charge in [0.1, 0.15) is 11.5 Å². The van der Waals surface area contributed by atoms with Gasteiger partial charge in [-0.3, -0.25) is 14.9 Å². The van der Waals surface area contributed by atoms with Gasteiger partial charge in [-0.25, -0.2) is 5.43 Å². The van der Waals surface area contributed by atoms with Crippen LogP contribution in [0.25, 0.3) is 0 Å². The van der Waals surface area contributed by atoms with E-state index in [1.165, 1.54) is 6.21 Å². The van der Waals surface area contributed by atoms with Crippen LogP contribution in [0.2, 0.25) is 0 Å². The van der Waals surface area contributed by atoms with Gasteiger partial charge in [-0.05, 0) is 45.8 Å². The smallest absolute Gasteiger partial charge is 0.275 e. The molecule has 0 fully saturated rings. The summed E-state index contributed by atoms with van der Waals surface area (Å²) in [5.74, 6) is -0.488. The highest BCUT2D eigenvalue weighted by Gasteiger charge is 2.16. The third-order valence-electron chi connectivity index (χ3n) is 2.99. The summed E-state index contributed by atoms with van der Waals surface area (Å²) in [4.78, 5) is 22.0. The van der Waals surface area contributed by atoms with Crippen LogP contribution >= 0.6 is 15.9 Å². The molecule has 24 heavy (non-hydrogen) atoms. The van der Waals surface area contributed by atoms with Crippen LogP contribution in [0.3, 0.4) is 0 Å². The second kappa shape index (κ2) is 7.55. The molecule has 1 amide bonds. The summed E-state index contributed by atoms with van der Waals surface area (Å²) in [5, 5.41) is 24.1. The number of nitro groups is 1. The van der Waals surface area contributed by atoms with Crippen molar-refractivity contribution >= 4 is 33.7 Å². The van der Waals surface area contributed by atoms with Gasteiger partial charge in [0.2, 0.25) is 0 Å². The SMILES string of the molecule is COc1ccc(/C=N/NC(=O)c2cc([N+](=O)[O-])ccc2O)cc1Br. The minimum atomic E-state index is -0.764. The summed E-state index contributed by atoms with van der Waals surface area (Å²) in [7, 11) is 1.54. The van der Waals surface area contributed by atoms with E-state index in [4.69, 9.17) is 4.74 Å². The number of amides is 1. The Morgan fingerprint density at radius 1 is 1.38 bits per heavy atom. The topological polar surface area (TPSA) is 114 Å². The first-order chi connectivity index (χ1) is 11.4. The molecule has 0 aliphatic carbocycles. The molecule has 2 aromatic carbocycles. The molecule has 0 aromatic heterocycles. The maximum Gasteiger partial charge on any atom is 0.275 e. The first kappa shape index (κ1) is 17.4. The van der Waals surface area contributed by atoms with E-state index in [0.717, 1.165) is 22.7 Å². The highest BCUT2D eigenvalue weighted by atomic mass is 79.9. The Bertz CT molecular complexity index is 823. The maximum absolute atomic E-state index is 12.0. The fraction of sp³-hybridized carbons (Fsp3) is 0.0667. The number of hydrazone groups is 1. The Labute approximate surface area is 145 Å². The number of ether oxygens (including phenoxy) is 1. The van der Waals surface area contributed by atoms with Crippen LogP contribution in [0.15, 0.2) is 46.0 Å². The summed E-state index contributed by atoms with van der Waals surface area (Å²) in [6.45, 7) is 0. The van der Waals surface area contributed by atoms with Gasteiger partial charge in [0.25, 0.3) is 11.6 Å². The molecule has 0 atom stereocenters. The molecule has 0 bridgehead atoms. The molecule has 0 saturated carbocycles. The van der Waals surface area contributed by atoms with Crippen LogP contribution in [-0.2, 0) is 0 Å². The van der Waals surface area contributed by atoms with E-state index in [1.54, 1.807) is 25.3 Å². The van der Waals surface area contributed by atoms with Crippen LogP contribution in [0.5, 0.6) is 11.5 Å². The van der Waals surface area contributed by atoms with E-state index < -0.39 is 10.8 Å². The van der Waals surface area contributed by atoms with Crippen molar-refractivity contribution in [3.63, 3.8) is 0 Å². The van der Waals surface area contributed by atoms with Gasteiger partial charge in [0.05, 0.1) is 28.3 Å². The number of carbonyl (C=O) groups is 1. The number of non-ortho nitro benzene ring substituents is 1. The van der Waals surface area contributed by atoms with Gasteiger partial charge < -0.3 is 9.84 Å². The molecule has 0 unspecified atom stereocenters. The fourth-order valence-electron chi connectivity index (χ4n) is 1.81. The van der Waals surface area contributed by atoms with Gasteiger partial charge in [0.15, 0.2) is 0 Å². The number of benzene rings is 2. The van der Waals surface area contributed by atoms with Gasteiger partial charge in [-0.15, -0.1) is 0 Å². The van der Waals surface area contributed by atoms with E-state index in [9.17, 15) is 20.0 Å². The van der Waals surface area contributed by atoms with E-state index in [2.05, 4.69) is 26.5 Å². The lowest BCUT2D eigenvalue weighted by Crippen LogP contribution is -2.18. The lowest BCUT2D eigenvalue weighted by atomic mass is 10.1. The molecule has 2 rings (SSSR count). The second-order valence-corrected chi connectivity index (χ2v) is 5.41. The molecule has 0 heterocycles. The number of aromatic hydroxyl groups is 1.